The van der Waals surface area contributed by atoms with E-state index in [1.165, 1.54) is 0 Å². The molecule has 1 saturated heterocycles. The van der Waals surface area contributed by atoms with Crippen molar-refractivity contribution >= 4 is 17.1 Å². The summed E-state index contributed by atoms with van der Waals surface area (Å²) >= 11 is 0. The number of ether oxygens (including phenoxy) is 1. The van der Waals surface area contributed by atoms with Crippen LogP contribution in [0.1, 0.15) is 30.0 Å². The lowest BCUT2D eigenvalue weighted by Gasteiger charge is -2.07. The first kappa shape index (κ1) is 19.3. The molecule has 0 saturated carbocycles. The standard InChI is InChI=1S/C21H26N6O2/c1-29-17-5-2-15(3-6-17)4-7-18(28)23-12-13-27-21-20(24-10-11-25-21)19(26-27)16-8-9-22-14-16/h2-3,5-6,10-11,16,22H,4,7-9,12-14H2,1H3,(H,23,28)/t16-/m1/s1. The van der Waals surface area contributed by atoms with Crippen molar-refractivity contribution < 1.29 is 9.53 Å². The van der Waals surface area contributed by atoms with Gasteiger partial charge in [0.1, 0.15) is 11.3 Å². The van der Waals surface area contributed by atoms with Crippen LogP contribution in [0.3, 0.4) is 0 Å². The summed E-state index contributed by atoms with van der Waals surface area (Å²) in [6.45, 7) is 3.01. The number of methoxy groups -OCH3 is 1. The van der Waals surface area contributed by atoms with Gasteiger partial charge in [-0.05, 0) is 37.1 Å². The molecule has 3 heterocycles. The maximum atomic E-state index is 12.2. The Morgan fingerprint density at radius 1 is 1.28 bits per heavy atom. The second-order valence-corrected chi connectivity index (χ2v) is 7.22. The van der Waals surface area contributed by atoms with Gasteiger partial charge in [-0.1, -0.05) is 12.1 Å². The third-order valence-electron chi connectivity index (χ3n) is 5.29. The normalized spacial score (nSPS) is 16.2. The number of nitrogens with zero attached hydrogens (tertiary/aromatic N) is 4. The summed E-state index contributed by atoms with van der Waals surface area (Å²) in [5, 5.41) is 11.1. The van der Waals surface area contributed by atoms with Crippen LogP contribution in [-0.2, 0) is 17.8 Å². The molecule has 1 aliphatic heterocycles. The molecule has 2 aromatic heterocycles. The lowest BCUT2D eigenvalue weighted by molar-refractivity contribution is -0.121. The summed E-state index contributed by atoms with van der Waals surface area (Å²) in [7, 11) is 1.64. The molecule has 0 spiro atoms. The van der Waals surface area contributed by atoms with Gasteiger partial charge in [-0.15, -0.1) is 0 Å². The van der Waals surface area contributed by atoms with E-state index in [0.717, 1.165) is 47.7 Å². The fourth-order valence-corrected chi connectivity index (χ4v) is 3.68. The second kappa shape index (κ2) is 9.00. The van der Waals surface area contributed by atoms with Crippen molar-refractivity contribution in [1.82, 2.24) is 30.4 Å². The SMILES string of the molecule is COc1ccc(CCC(=O)NCCn2nc([C@@H]3CCNC3)c3nccnc32)cc1. The number of carbonyl (C=O) groups excluding carboxylic acids is 1. The highest BCUT2D eigenvalue weighted by atomic mass is 16.5. The number of aryl methyl sites for hydroxylation is 1. The van der Waals surface area contributed by atoms with Crippen molar-refractivity contribution in [1.29, 1.82) is 0 Å². The van der Waals surface area contributed by atoms with E-state index in [2.05, 4.69) is 20.6 Å². The number of benzene rings is 1. The van der Waals surface area contributed by atoms with Crippen molar-refractivity contribution in [2.75, 3.05) is 26.7 Å². The molecule has 3 aromatic rings. The minimum Gasteiger partial charge on any atom is -0.497 e. The zero-order valence-electron chi connectivity index (χ0n) is 16.6. The van der Waals surface area contributed by atoms with E-state index in [4.69, 9.17) is 9.84 Å². The van der Waals surface area contributed by atoms with E-state index in [1.807, 2.05) is 28.9 Å². The Morgan fingerprint density at radius 3 is 2.86 bits per heavy atom. The van der Waals surface area contributed by atoms with Crippen LogP contribution in [0.2, 0.25) is 0 Å². The van der Waals surface area contributed by atoms with Crippen molar-refractivity contribution in [3.8, 4) is 5.75 Å². The van der Waals surface area contributed by atoms with Gasteiger partial charge in [0.25, 0.3) is 0 Å². The molecule has 0 bridgehead atoms. The topological polar surface area (TPSA) is 94.0 Å². The minimum atomic E-state index is 0.0311. The van der Waals surface area contributed by atoms with E-state index in [1.54, 1.807) is 19.5 Å². The summed E-state index contributed by atoms with van der Waals surface area (Å²) in [5.74, 6) is 1.22. The van der Waals surface area contributed by atoms with E-state index >= 15 is 0 Å². The van der Waals surface area contributed by atoms with Crippen LogP contribution in [-0.4, -0.2) is 52.4 Å². The van der Waals surface area contributed by atoms with Crippen LogP contribution in [0.4, 0.5) is 0 Å². The molecule has 152 valence electrons. The van der Waals surface area contributed by atoms with Crippen molar-refractivity contribution in [2.24, 2.45) is 0 Å². The van der Waals surface area contributed by atoms with Crippen molar-refractivity contribution in [3.63, 3.8) is 0 Å². The maximum absolute atomic E-state index is 12.2. The zero-order valence-corrected chi connectivity index (χ0v) is 16.6. The predicted octanol–water partition coefficient (Wildman–Crippen LogP) is 1.66. The highest BCUT2D eigenvalue weighted by Crippen LogP contribution is 2.26. The molecule has 1 aliphatic rings. The Balaban J connectivity index is 1.32. The number of fused-ring (bicyclic) bond motifs is 1. The zero-order chi connectivity index (χ0) is 20.1. The summed E-state index contributed by atoms with van der Waals surface area (Å²) in [6, 6.07) is 7.79. The smallest absolute Gasteiger partial charge is 0.220 e. The number of amides is 1. The molecule has 1 amide bonds. The first-order valence-electron chi connectivity index (χ1n) is 10.0. The van der Waals surface area contributed by atoms with Crippen molar-refractivity contribution in [3.05, 3.63) is 47.9 Å². The Labute approximate surface area is 169 Å². The molecular weight excluding hydrogens is 368 g/mol. The molecule has 2 N–H and O–H groups in total. The predicted molar refractivity (Wildman–Crippen MR) is 110 cm³/mol. The lowest BCUT2D eigenvalue weighted by Crippen LogP contribution is -2.27. The van der Waals surface area contributed by atoms with Crippen LogP contribution in [0.25, 0.3) is 11.2 Å². The van der Waals surface area contributed by atoms with Crippen LogP contribution >= 0.6 is 0 Å². The summed E-state index contributed by atoms with van der Waals surface area (Å²) in [6.07, 6.45) is 5.60. The number of hydrogen-bond acceptors (Lipinski definition) is 6. The largest absolute Gasteiger partial charge is 0.497 e. The molecule has 1 aromatic carbocycles. The first-order valence-corrected chi connectivity index (χ1v) is 10.0. The third-order valence-corrected chi connectivity index (χ3v) is 5.29. The van der Waals surface area contributed by atoms with E-state index in [0.29, 0.717) is 31.8 Å². The Bertz CT molecular complexity index is 963. The van der Waals surface area contributed by atoms with Gasteiger partial charge in [0.15, 0.2) is 5.65 Å². The van der Waals surface area contributed by atoms with Crippen LogP contribution in [0.15, 0.2) is 36.7 Å². The van der Waals surface area contributed by atoms with Crippen LogP contribution in [0, 0.1) is 0 Å². The second-order valence-electron chi connectivity index (χ2n) is 7.22. The van der Waals surface area contributed by atoms with Gasteiger partial charge >= 0.3 is 0 Å². The summed E-state index contributed by atoms with van der Waals surface area (Å²) in [5.41, 5.74) is 3.77. The molecule has 8 nitrogen and oxygen atoms in total. The van der Waals surface area contributed by atoms with E-state index in [-0.39, 0.29) is 5.91 Å². The highest BCUT2D eigenvalue weighted by molar-refractivity contribution is 5.76. The number of carbonyl (C=O) groups is 1. The number of nitrogens with one attached hydrogen (secondary N) is 2. The van der Waals surface area contributed by atoms with Gasteiger partial charge in [-0.2, -0.15) is 5.10 Å². The Hall–Kier alpha value is -3.00. The molecule has 4 rings (SSSR count). The molecule has 8 heteroatoms. The van der Waals surface area contributed by atoms with Gasteiger partial charge in [-0.25, -0.2) is 14.6 Å². The summed E-state index contributed by atoms with van der Waals surface area (Å²) in [4.78, 5) is 21.2. The van der Waals surface area contributed by atoms with Crippen LogP contribution < -0.4 is 15.4 Å². The number of aromatic nitrogens is 4. The Morgan fingerprint density at radius 2 is 2.10 bits per heavy atom. The average molecular weight is 394 g/mol. The molecule has 1 atom stereocenters. The molecule has 0 radical (unpaired) electrons. The van der Waals surface area contributed by atoms with Crippen LogP contribution in [0.5, 0.6) is 5.75 Å². The fraction of sp³-hybridized carbons (Fsp3) is 0.429. The average Bonchev–Trinajstić information content (AvgIpc) is 3.41. The number of hydrogen-bond donors (Lipinski definition) is 2. The third kappa shape index (κ3) is 4.54. The summed E-state index contributed by atoms with van der Waals surface area (Å²) < 4.78 is 7.01. The minimum absolute atomic E-state index is 0.0311. The van der Waals surface area contributed by atoms with Gasteiger partial charge in [-0.3, -0.25) is 4.79 Å². The molecule has 0 unspecified atom stereocenters. The quantitative estimate of drug-likeness (QED) is 0.604. The monoisotopic (exact) mass is 394 g/mol. The highest BCUT2D eigenvalue weighted by Gasteiger charge is 2.24. The molecule has 1 fully saturated rings. The van der Waals surface area contributed by atoms with Gasteiger partial charge in [0.2, 0.25) is 5.91 Å². The molecule has 29 heavy (non-hydrogen) atoms. The van der Waals surface area contributed by atoms with Gasteiger partial charge in [0.05, 0.1) is 19.3 Å². The van der Waals surface area contributed by atoms with E-state index in [9.17, 15) is 4.79 Å². The first-order chi connectivity index (χ1) is 14.2. The van der Waals surface area contributed by atoms with Gasteiger partial charge < -0.3 is 15.4 Å². The van der Waals surface area contributed by atoms with Crippen molar-refractivity contribution in [2.45, 2.75) is 31.7 Å². The van der Waals surface area contributed by atoms with E-state index < -0.39 is 0 Å². The maximum Gasteiger partial charge on any atom is 0.220 e. The molecule has 0 aliphatic carbocycles. The van der Waals surface area contributed by atoms with Gasteiger partial charge in [0, 0.05) is 37.8 Å². The molecular formula is C21H26N6O2. The fourth-order valence-electron chi connectivity index (χ4n) is 3.68. The Kier molecular flexibility index (Phi) is 6.00. The number of rotatable bonds is 8. The lowest BCUT2D eigenvalue weighted by atomic mass is 10.0.